The van der Waals surface area contributed by atoms with Crippen molar-refractivity contribution < 1.29 is 4.74 Å². The normalized spacial score (nSPS) is 17.2. The molecule has 4 heterocycles. The van der Waals surface area contributed by atoms with Crippen LogP contribution in [0.4, 0.5) is 0 Å². The predicted molar refractivity (Wildman–Crippen MR) is 108 cm³/mol. The highest BCUT2D eigenvalue weighted by Crippen LogP contribution is 2.24. The second kappa shape index (κ2) is 8.21. The molecule has 0 N–H and O–H groups in total. The van der Waals surface area contributed by atoms with Crippen LogP contribution in [0.15, 0.2) is 43.2 Å². The molecule has 0 spiro atoms. The van der Waals surface area contributed by atoms with Gasteiger partial charge in [-0.2, -0.15) is 0 Å². The van der Waals surface area contributed by atoms with Gasteiger partial charge in [0.25, 0.3) is 0 Å². The van der Waals surface area contributed by atoms with Gasteiger partial charge in [0.05, 0.1) is 11.3 Å². The van der Waals surface area contributed by atoms with Gasteiger partial charge in [-0.15, -0.1) is 0 Å². The van der Waals surface area contributed by atoms with Gasteiger partial charge in [0.15, 0.2) is 5.82 Å². The van der Waals surface area contributed by atoms with E-state index in [1.807, 2.05) is 18.5 Å². The van der Waals surface area contributed by atoms with Crippen LogP contribution >= 0.6 is 0 Å². The van der Waals surface area contributed by atoms with E-state index in [0.717, 1.165) is 56.0 Å². The van der Waals surface area contributed by atoms with Crippen LogP contribution in [0.1, 0.15) is 42.5 Å². The summed E-state index contributed by atoms with van der Waals surface area (Å²) in [6.07, 6.45) is 15.0. The molecule has 1 saturated carbocycles. The minimum absolute atomic E-state index is 0.347. The van der Waals surface area contributed by atoms with Gasteiger partial charge >= 0.3 is 0 Å². The first-order chi connectivity index (χ1) is 14.3. The number of hydrogen-bond acceptors (Lipinski definition) is 7. The second-order valence-corrected chi connectivity index (χ2v) is 7.78. The van der Waals surface area contributed by atoms with Crippen molar-refractivity contribution in [2.45, 2.75) is 51.3 Å². The van der Waals surface area contributed by atoms with Crippen molar-refractivity contribution in [2.75, 3.05) is 6.54 Å². The van der Waals surface area contributed by atoms with E-state index in [0.29, 0.717) is 11.9 Å². The number of ether oxygens (including phenoxy) is 1. The van der Waals surface area contributed by atoms with E-state index in [1.54, 1.807) is 12.4 Å². The van der Waals surface area contributed by atoms with E-state index < -0.39 is 0 Å². The number of pyridine rings is 1. The Bertz CT molecular complexity index is 957. The predicted octanol–water partition coefficient (Wildman–Crippen LogP) is 3.21. The molecule has 0 saturated heterocycles. The van der Waals surface area contributed by atoms with E-state index in [2.05, 4.69) is 30.9 Å². The van der Waals surface area contributed by atoms with Crippen molar-refractivity contribution >= 4 is 0 Å². The zero-order chi connectivity index (χ0) is 19.5. The third kappa shape index (κ3) is 4.24. The fourth-order valence-corrected chi connectivity index (χ4v) is 4.07. The average Bonchev–Trinajstić information content (AvgIpc) is 3.28. The molecule has 1 aliphatic carbocycles. The fraction of sp³-hybridized carbons (Fsp3) is 0.409. The molecule has 0 aromatic carbocycles. The molecule has 1 fully saturated rings. The van der Waals surface area contributed by atoms with E-state index in [4.69, 9.17) is 9.72 Å². The van der Waals surface area contributed by atoms with Gasteiger partial charge in [-0.1, -0.05) is 6.07 Å². The maximum atomic E-state index is 5.96. The van der Waals surface area contributed by atoms with E-state index >= 15 is 0 Å². The van der Waals surface area contributed by atoms with Crippen LogP contribution < -0.4 is 4.74 Å². The molecule has 2 aliphatic rings. The summed E-state index contributed by atoms with van der Waals surface area (Å²) in [4.78, 5) is 24.3. The lowest BCUT2D eigenvalue weighted by molar-refractivity contribution is 0.201. The van der Waals surface area contributed by atoms with Crippen LogP contribution in [-0.2, 0) is 19.5 Å². The summed E-state index contributed by atoms with van der Waals surface area (Å²) in [7, 11) is 0. The Morgan fingerprint density at radius 1 is 1.00 bits per heavy atom. The molecule has 3 aromatic heterocycles. The summed E-state index contributed by atoms with van der Waals surface area (Å²) in [6, 6.07) is 4.13. The maximum absolute atomic E-state index is 5.96. The Morgan fingerprint density at radius 2 is 1.86 bits per heavy atom. The topological polar surface area (TPSA) is 76.9 Å². The molecule has 29 heavy (non-hydrogen) atoms. The van der Waals surface area contributed by atoms with E-state index in [9.17, 15) is 0 Å². The number of rotatable bonds is 5. The zero-order valence-electron chi connectivity index (χ0n) is 16.4. The summed E-state index contributed by atoms with van der Waals surface area (Å²) in [5, 5.41) is 0. The third-order valence-corrected chi connectivity index (χ3v) is 5.63. The summed E-state index contributed by atoms with van der Waals surface area (Å²) < 4.78 is 5.96. The first-order valence-corrected chi connectivity index (χ1v) is 10.3. The minimum atomic E-state index is 0.347. The zero-order valence-corrected chi connectivity index (χ0v) is 16.4. The SMILES string of the molecule is c1ncc(-c2ncc3c(n2)CCN(Cc2ccc(OC4CCCC4)nc2)C3)cn1. The standard InChI is InChI=1S/C22H24N6O/c1-2-4-19(3-1)29-21-6-5-16(9-25-21)13-28-8-7-20-18(14-28)12-26-22(27-20)17-10-23-15-24-11-17/h5-6,9-12,15,19H,1-4,7-8,13-14H2. The van der Waals surface area contributed by atoms with Crippen LogP contribution in [-0.4, -0.2) is 42.5 Å². The third-order valence-electron chi connectivity index (χ3n) is 5.63. The van der Waals surface area contributed by atoms with Gasteiger partial charge in [0, 0.05) is 62.5 Å². The van der Waals surface area contributed by atoms with Crippen LogP contribution in [0.2, 0.25) is 0 Å². The molecular formula is C22H24N6O. The minimum Gasteiger partial charge on any atom is -0.474 e. The Labute approximate surface area is 170 Å². The lowest BCUT2D eigenvalue weighted by Gasteiger charge is -2.28. The highest BCUT2D eigenvalue weighted by Gasteiger charge is 2.20. The summed E-state index contributed by atoms with van der Waals surface area (Å²) >= 11 is 0. The van der Waals surface area contributed by atoms with Gasteiger partial charge in [-0.3, -0.25) is 4.90 Å². The summed E-state index contributed by atoms with van der Waals surface area (Å²) in [5.74, 6) is 1.44. The van der Waals surface area contributed by atoms with Gasteiger partial charge in [0.1, 0.15) is 12.4 Å². The van der Waals surface area contributed by atoms with Crippen molar-refractivity contribution in [3.63, 3.8) is 0 Å². The van der Waals surface area contributed by atoms with Crippen molar-refractivity contribution in [1.29, 1.82) is 0 Å². The molecular weight excluding hydrogens is 364 g/mol. The molecule has 0 bridgehead atoms. The molecule has 0 amide bonds. The molecule has 1 aliphatic heterocycles. The molecule has 148 valence electrons. The van der Waals surface area contributed by atoms with Crippen molar-refractivity contribution in [1.82, 2.24) is 29.8 Å². The van der Waals surface area contributed by atoms with Crippen molar-refractivity contribution in [3.8, 4) is 17.3 Å². The maximum Gasteiger partial charge on any atom is 0.213 e. The number of fused-ring (bicyclic) bond motifs is 1. The quantitative estimate of drug-likeness (QED) is 0.664. The number of nitrogens with zero attached hydrogens (tertiary/aromatic N) is 6. The van der Waals surface area contributed by atoms with Gasteiger partial charge in [-0.25, -0.2) is 24.9 Å². The number of hydrogen-bond donors (Lipinski definition) is 0. The highest BCUT2D eigenvalue weighted by atomic mass is 16.5. The number of aromatic nitrogens is 5. The first kappa shape index (κ1) is 18.1. The smallest absolute Gasteiger partial charge is 0.213 e. The van der Waals surface area contributed by atoms with E-state index in [1.165, 1.54) is 30.3 Å². The van der Waals surface area contributed by atoms with Gasteiger partial charge < -0.3 is 4.74 Å². The Hall–Kier alpha value is -2.93. The van der Waals surface area contributed by atoms with Crippen LogP contribution in [0.5, 0.6) is 5.88 Å². The molecule has 7 nitrogen and oxygen atoms in total. The molecule has 0 radical (unpaired) electrons. The van der Waals surface area contributed by atoms with Crippen LogP contribution in [0.3, 0.4) is 0 Å². The molecule has 0 unspecified atom stereocenters. The van der Waals surface area contributed by atoms with E-state index in [-0.39, 0.29) is 0 Å². The fourth-order valence-electron chi connectivity index (χ4n) is 4.07. The molecule has 7 heteroatoms. The Morgan fingerprint density at radius 3 is 2.66 bits per heavy atom. The lowest BCUT2D eigenvalue weighted by atomic mass is 10.1. The Balaban J connectivity index is 1.22. The largest absolute Gasteiger partial charge is 0.474 e. The lowest BCUT2D eigenvalue weighted by Crippen LogP contribution is -2.31. The molecule has 5 rings (SSSR count). The second-order valence-electron chi connectivity index (χ2n) is 7.78. The van der Waals surface area contributed by atoms with Crippen molar-refractivity contribution in [2.24, 2.45) is 0 Å². The average molecular weight is 388 g/mol. The first-order valence-electron chi connectivity index (χ1n) is 10.3. The molecule has 3 aromatic rings. The van der Waals surface area contributed by atoms with Crippen LogP contribution in [0, 0.1) is 0 Å². The summed E-state index contributed by atoms with van der Waals surface area (Å²) in [5.41, 5.74) is 4.36. The van der Waals surface area contributed by atoms with Crippen molar-refractivity contribution in [3.05, 3.63) is 60.1 Å². The highest BCUT2D eigenvalue weighted by molar-refractivity contribution is 5.52. The van der Waals surface area contributed by atoms with Gasteiger partial charge in [-0.05, 0) is 31.2 Å². The monoisotopic (exact) mass is 388 g/mol. The Kier molecular flexibility index (Phi) is 5.13. The molecule has 0 atom stereocenters. The van der Waals surface area contributed by atoms with Gasteiger partial charge in [0.2, 0.25) is 5.88 Å². The summed E-state index contributed by atoms with van der Waals surface area (Å²) in [6.45, 7) is 2.68. The van der Waals surface area contributed by atoms with Crippen LogP contribution in [0.25, 0.3) is 11.4 Å².